The zero-order valence-corrected chi connectivity index (χ0v) is 12.6. The number of methoxy groups -OCH3 is 1. The summed E-state index contributed by atoms with van der Waals surface area (Å²) in [4.78, 5) is 14.4. The zero-order valence-electron chi connectivity index (χ0n) is 11.0. The fourth-order valence-corrected chi connectivity index (χ4v) is 2.14. The third-order valence-electron chi connectivity index (χ3n) is 2.69. The van der Waals surface area contributed by atoms with E-state index in [1.165, 1.54) is 12.3 Å². The highest BCUT2D eigenvalue weighted by Crippen LogP contribution is 2.32. The first-order valence-electron chi connectivity index (χ1n) is 5.86. The molecule has 0 spiro atoms. The molecule has 2 rings (SSSR count). The van der Waals surface area contributed by atoms with Gasteiger partial charge in [0.25, 0.3) is 0 Å². The van der Waals surface area contributed by atoms with Crippen molar-refractivity contribution in [1.82, 2.24) is 0 Å². The Morgan fingerprint density at radius 3 is 2.81 bits per heavy atom. The number of benzene rings is 2. The summed E-state index contributed by atoms with van der Waals surface area (Å²) < 4.78 is 5.57. The largest absolute Gasteiger partial charge is 0.502 e. The quantitative estimate of drug-likeness (QED) is 0.515. The van der Waals surface area contributed by atoms with E-state index in [-0.39, 0.29) is 11.3 Å². The third-order valence-corrected chi connectivity index (χ3v) is 3.14. The van der Waals surface area contributed by atoms with Gasteiger partial charge in [0, 0.05) is 28.4 Å². The van der Waals surface area contributed by atoms with Gasteiger partial charge in [-0.3, -0.25) is 15.1 Å². The zero-order chi connectivity index (χ0) is 15.4. The molecule has 0 amide bonds. The smallest absolute Gasteiger partial charge is 0.312 e. The maximum atomic E-state index is 10.8. The molecule has 0 radical (unpaired) electrons. The van der Waals surface area contributed by atoms with E-state index >= 15 is 0 Å². The molecule has 0 heterocycles. The second-order valence-corrected chi connectivity index (χ2v) is 5.00. The van der Waals surface area contributed by atoms with Gasteiger partial charge < -0.3 is 9.84 Å². The van der Waals surface area contributed by atoms with Crippen LogP contribution < -0.4 is 4.74 Å². The van der Waals surface area contributed by atoms with E-state index in [4.69, 9.17) is 4.74 Å². The number of halogens is 1. The molecule has 0 unspecified atom stereocenters. The number of phenolic OH excluding ortho intramolecular Hbond substituents is 1. The van der Waals surface area contributed by atoms with Crippen molar-refractivity contribution in [2.24, 2.45) is 4.99 Å². The van der Waals surface area contributed by atoms with Crippen molar-refractivity contribution in [1.29, 1.82) is 0 Å². The van der Waals surface area contributed by atoms with Gasteiger partial charge in [-0.15, -0.1) is 0 Å². The summed E-state index contributed by atoms with van der Waals surface area (Å²) in [5.74, 6) is 0.226. The van der Waals surface area contributed by atoms with Gasteiger partial charge in [-0.1, -0.05) is 22.0 Å². The number of nitro benzene ring substituents is 1. The normalized spacial score (nSPS) is 10.8. The van der Waals surface area contributed by atoms with Gasteiger partial charge in [0.2, 0.25) is 5.75 Å². The number of nitro groups is 1. The molecule has 0 bridgehead atoms. The van der Waals surface area contributed by atoms with Gasteiger partial charge in [-0.2, -0.15) is 0 Å². The third kappa shape index (κ3) is 3.57. The van der Waals surface area contributed by atoms with Gasteiger partial charge in [-0.25, -0.2) is 0 Å². The Morgan fingerprint density at radius 1 is 1.38 bits per heavy atom. The molecule has 0 fully saturated rings. The SMILES string of the molecule is COc1cccc(N=Cc2cc(Br)cc([N+](=O)[O-])c2O)c1. The summed E-state index contributed by atoms with van der Waals surface area (Å²) in [5, 5.41) is 20.7. The summed E-state index contributed by atoms with van der Waals surface area (Å²) in [6.45, 7) is 0. The molecule has 0 aromatic heterocycles. The van der Waals surface area contributed by atoms with Crippen LogP contribution in [0.15, 0.2) is 45.9 Å². The molecule has 108 valence electrons. The van der Waals surface area contributed by atoms with Crippen molar-refractivity contribution in [2.75, 3.05) is 7.11 Å². The average Bonchev–Trinajstić information content (AvgIpc) is 2.47. The summed E-state index contributed by atoms with van der Waals surface area (Å²) in [6, 6.07) is 9.79. The highest BCUT2D eigenvalue weighted by atomic mass is 79.9. The van der Waals surface area contributed by atoms with Gasteiger partial charge in [-0.05, 0) is 18.2 Å². The monoisotopic (exact) mass is 350 g/mol. The molecule has 6 nitrogen and oxygen atoms in total. The summed E-state index contributed by atoms with van der Waals surface area (Å²) in [6.07, 6.45) is 1.36. The minimum Gasteiger partial charge on any atom is -0.502 e. The lowest BCUT2D eigenvalue weighted by Crippen LogP contribution is -1.92. The molecule has 0 aliphatic heterocycles. The van der Waals surface area contributed by atoms with Crippen LogP contribution in [0.4, 0.5) is 11.4 Å². The van der Waals surface area contributed by atoms with Crippen molar-refractivity contribution >= 4 is 33.5 Å². The second kappa shape index (κ2) is 6.36. The van der Waals surface area contributed by atoms with Crippen molar-refractivity contribution in [3.8, 4) is 11.5 Å². The number of aliphatic imine (C=N–C) groups is 1. The molecule has 1 N–H and O–H groups in total. The first kappa shape index (κ1) is 15.0. The highest BCUT2D eigenvalue weighted by Gasteiger charge is 2.17. The molecule has 21 heavy (non-hydrogen) atoms. The maximum Gasteiger partial charge on any atom is 0.312 e. The Kier molecular flexibility index (Phi) is 4.54. The predicted molar refractivity (Wildman–Crippen MR) is 82.7 cm³/mol. The van der Waals surface area contributed by atoms with E-state index in [1.54, 1.807) is 37.4 Å². The maximum absolute atomic E-state index is 10.8. The number of rotatable bonds is 4. The van der Waals surface area contributed by atoms with Crippen LogP contribution in [0.25, 0.3) is 0 Å². The van der Waals surface area contributed by atoms with Crippen LogP contribution in [0, 0.1) is 10.1 Å². The van der Waals surface area contributed by atoms with Crippen LogP contribution in [-0.2, 0) is 0 Å². The van der Waals surface area contributed by atoms with Crippen molar-refractivity contribution in [3.05, 3.63) is 56.5 Å². The van der Waals surface area contributed by atoms with Crippen LogP contribution in [0.5, 0.6) is 11.5 Å². The lowest BCUT2D eigenvalue weighted by atomic mass is 10.2. The first-order valence-corrected chi connectivity index (χ1v) is 6.65. The molecule has 2 aromatic rings. The van der Waals surface area contributed by atoms with E-state index in [0.29, 0.717) is 15.9 Å². The molecular formula is C14H11BrN2O4. The van der Waals surface area contributed by atoms with E-state index in [2.05, 4.69) is 20.9 Å². The van der Waals surface area contributed by atoms with E-state index in [9.17, 15) is 15.2 Å². The van der Waals surface area contributed by atoms with Crippen molar-refractivity contribution < 1.29 is 14.8 Å². The minimum atomic E-state index is -0.650. The Morgan fingerprint density at radius 2 is 2.14 bits per heavy atom. The van der Waals surface area contributed by atoms with Gasteiger partial charge in [0.15, 0.2) is 0 Å². The lowest BCUT2D eigenvalue weighted by molar-refractivity contribution is -0.385. The standard InChI is InChI=1S/C14H11BrN2O4/c1-21-12-4-2-3-11(7-12)16-8-9-5-10(15)6-13(14(9)18)17(19)20/h2-8,18H,1H3. The number of nitrogens with zero attached hydrogens (tertiary/aromatic N) is 2. The second-order valence-electron chi connectivity index (χ2n) is 4.08. The molecule has 7 heteroatoms. The molecule has 0 saturated heterocycles. The Hall–Kier alpha value is -2.41. The molecule has 0 aliphatic rings. The first-order chi connectivity index (χ1) is 10.0. The fourth-order valence-electron chi connectivity index (χ4n) is 1.68. The number of hydrogen-bond acceptors (Lipinski definition) is 5. The van der Waals surface area contributed by atoms with Crippen LogP contribution in [0.2, 0.25) is 0 Å². The van der Waals surface area contributed by atoms with Crippen molar-refractivity contribution in [2.45, 2.75) is 0 Å². The van der Waals surface area contributed by atoms with E-state index < -0.39 is 10.7 Å². The molecular weight excluding hydrogens is 340 g/mol. The van der Waals surface area contributed by atoms with Gasteiger partial charge >= 0.3 is 5.69 Å². The summed E-state index contributed by atoms with van der Waals surface area (Å²) in [5.41, 5.74) is 0.478. The fraction of sp³-hybridized carbons (Fsp3) is 0.0714. The summed E-state index contributed by atoms with van der Waals surface area (Å²) in [7, 11) is 1.55. The highest BCUT2D eigenvalue weighted by molar-refractivity contribution is 9.10. The number of ether oxygens (including phenoxy) is 1. The molecule has 2 aromatic carbocycles. The molecule has 0 saturated carbocycles. The van der Waals surface area contributed by atoms with E-state index in [1.807, 2.05) is 0 Å². The Labute approximate surface area is 129 Å². The lowest BCUT2D eigenvalue weighted by Gasteiger charge is -2.02. The van der Waals surface area contributed by atoms with Crippen LogP contribution in [0.1, 0.15) is 5.56 Å². The van der Waals surface area contributed by atoms with Crippen LogP contribution in [0.3, 0.4) is 0 Å². The Bertz CT molecular complexity index is 716. The van der Waals surface area contributed by atoms with Gasteiger partial charge in [0.1, 0.15) is 5.75 Å². The summed E-state index contributed by atoms with van der Waals surface area (Å²) >= 11 is 3.17. The molecule has 0 aliphatic carbocycles. The number of phenols is 1. The average molecular weight is 351 g/mol. The Balaban J connectivity index is 2.38. The van der Waals surface area contributed by atoms with Crippen LogP contribution in [-0.4, -0.2) is 23.4 Å². The molecule has 0 atom stereocenters. The minimum absolute atomic E-state index is 0.249. The topological polar surface area (TPSA) is 85.0 Å². The number of hydrogen-bond donors (Lipinski definition) is 1. The number of aromatic hydroxyl groups is 1. The van der Waals surface area contributed by atoms with Crippen molar-refractivity contribution in [3.63, 3.8) is 0 Å². The predicted octanol–water partition coefficient (Wildman–Crippen LogP) is 3.82. The van der Waals surface area contributed by atoms with Gasteiger partial charge in [0.05, 0.1) is 17.7 Å². The van der Waals surface area contributed by atoms with E-state index in [0.717, 1.165) is 0 Å². The van der Waals surface area contributed by atoms with Crippen LogP contribution >= 0.6 is 15.9 Å².